The molecule has 0 unspecified atom stereocenters. The lowest BCUT2D eigenvalue weighted by molar-refractivity contribution is 0.413. The summed E-state index contributed by atoms with van der Waals surface area (Å²) in [7, 11) is 1.60. The molecule has 0 aliphatic heterocycles. The van der Waals surface area contributed by atoms with Gasteiger partial charge in [0.2, 0.25) is 0 Å². The predicted molar refractivity (Wildman–Crippen MR) is 83.4 cm³/mol. The molecule has 6 heteroatoms. The van der Waals surface area contributed by atoms with Gasteiger partial charge in [-0.15, -0.1) is 0 Å². The van der Waals surface area contributed by atoms with E-state index in [1.54, 1.807) is 31.9 Å². The zero-order chi connectivity index (χ0) is 15.2. The second kappa shape index (κ2) is 6.62. The number of ether oxygens (including phenoxy) is 1. The summed E-state index contributed by atoms with van der Waals surface area (Å²) in [4.78, 5) is 17.1. The molecule has 0 saturated carbocycles. The van der Waals surface area contributed by atoms with Crippen molar-refractivity contribution in [3.8, 4) is 17.1 Å². The van der Waals surface area contributed by atoms with Gasteiger partial charge in [0, 0.05) is 24.2 Å². The highest BCUT2D eigenvalue weighted by molar-refractivity contribution is 5.57. The molecule has 0 aliphatic carbocycles. The Labute approximate surface area is 128 Å². The summed E-state index contributed by atoms with van der Waals surface area (Å²) >= 11 is 0. The fourth-order valence-corrected chi connectivity index (χ4v) is 1.93. The maximum atomic E-state index is 5.17. The van der Waals surface area contributed by atoms with Gasteiger partial charge >= 0.3 is 0 Å². The first-order valence-corrected chi connectivity index (χ1v) is 6.81. The normalized spacial score (nSPS) is 10.2. The number of pyridine rings is 2. The topological polar surface area (TPSA) is 72.8 Å². The van der Waals surface area contributed by atoms with Gasteiger partial charge in [-0.1, -0.05) is 6.07 Å². The number of nitrogens with zero attached hydrogens (tertiary/aromatic N) is 4. The Hall–Kier alpha value is -3.02. The summed E-state index contributed by atoms with van der Waals surface area (Å²) in [5.41, 5.74) is 1.76. The molecule has 3 aromatic rings. The van der Waals surface area contributed by atoms with Crippen molar-refractivity contribution >= 4 is 5.82 Å². The summed E-state index contributed by atoms with van der Waals surface area (Å²) < 4.78 is 5.17. The van der Waals surface area contributed by atoms with Crippen LogP contribution in [0.3, 0.4) is 0 Å². The molecule has 22 heavy (non-hydrogen) atoms. The minimum Gasteiger partial charge on any atom is -0.495 e. The van der Waals surface area contributed by atoms with Gasteiger partial charge in [-0.25, -0.2) is 9.97 Å². The van der Waals surface area contributed by atoms with E-state index >= 15 is 0 Å². The van der Waals surface area contributed by atoms with Crippen LogP contribution in [0.2, 0.25) is 0 Å². The molecule has 0 bridgehead atoms. The molecule has 0 atom stereocenters. The van der Waals surface area contributed by atoms with Crippen molar-refractivity contribution in [3.05, 3.63) is 60.8 Å². The van der Waals surface area contributed by atoms with E-state index in [1.165, 1.54) is 0 Å². The van der Waals surface area contributed by atoms with Crippen molar-refractivity contribution in [2.24, 2.45) is 0 Å². The molecular formula is C16H15N5O. The molecule has 0 fully saturated rings. The number of rotatable bonds is 5. The van der Waals surface area contributed by atoms with E-state index in [9.17, 15) is 0 Å². The van der Waals surface area contributed by atoms with Crippen molar-refractivity contribution in [1.29, 1.82) is 0 Å². The van der Waals surface area contributed by atoms with Crippen LogP contribution in [0.4, 0.5) is 5.82 Å². The van der Waals surface area contributed by atoms with Gasteiger partial charge in [0.05, 0.1) is 25.5 Å². The van der Waals surface area contributed by atoms with E-state index in [-0.39, 0.29) is 0 Å². The Balaban J connectivity index is 1.77. The second-order valence-corrected chi connectivity index (χ2v) is 4.55. The highest BCUT2D eigenvalue weighted by Crippen LogP contribution is 2.20. The number of anilines is 1. The molecule has 0 aromatic carbocycles. The molecule has 0 aliphatic rings. The average Bonchev–Trinajstić information content (AvgIpc) is 2.61. The van der Waals surface area contributed by atoms with Crippen molar-refractivity contribution < 1.29 is 4.74 Å². The first-order valence-electron chi connectivity index (χ1n) is 6.81. The molecule has 0 saturated heterocycles. The van der Waals surface area contributed by atoms with E-state index in [2.05, 4.69) is 25.3 Å². The molecule has 0 radical (unpaired) electrons. The predicted octanol–water partition coefficient (Wildman–Crippen LogP) is 2.55. The van der Waals surface area contributed by atoms with Crippen LogP contribution >= 0.6 is 0 Å². The van der Waals surface area contributed by atoms with Crippen LogP contribution in [0, 0.1) is 0 Å². The maximum Gasteiger partial charge on any atom is 0.163 e. The number of nitrogens with one attached hydrogen (secondary N) is 1. The Kier molecular flexibility index (Phi) is 4.20. The third-order valence-corrected chi connectivity index (χ3v) is 3.04. The Morgan fingerprint density at radius 1 is 1.09 bits per heavy atom. The van der Waals surface area contributed by atoms with E-state index in [0.29, 0.717) is 18.1 Å². The van der Waals surface area contributed by atoms with Gasteiger partial charge in [0.15, 0.2) is 5.82 Å². The van der Waals surface area contributed by atoms with Crippen LogP contribution in [-0.2, 0) is 6.54 Å². The van der Waals surface area contributed by atoms with Gasteiger partial charge in [0.25, 0.3) is 0 Å². The second-order valence-electron chi connectivity index (χ2n) is 4.55. The lowest BCUT2D eigenvalue weighted by Gasteiger charge is -2.07. The molecule has 110 valence electrons. The average molecular weight is 293 g/mol. The standard InChI is InChI=1S/C16H15N5O/c1-22-14-8-12(9-17-11-14)16-19-7-5-15(21-16)20-10-13-4-2-3-6-18-13/h2-9,11H,10H2,1H3,(H,19,20,21). The summed E-state index contributed by atoms with van der Waals surface area (Å²) in [6.07, 6.45) is 6.83. The first-order chi connectivity index (χ1) is 10.8. The van der Waals surface area contributed by atoms with Crippen LogP contribution in [0.5, 0.6) is 5.75 Å². The molecule has 0 spiro atoms. The number of aromatic nitrogens is 4. The SMILES string of the molecule is COc1cncc(-c2nccc(NCc3ccccn3)n2)c1. The van der Waals surface area contributed by atoms with E-state index in [1.807, 2.05) is 30.3 Å². The lowest BCUT2D eigenvalue weighted by Crippen LogP contribution is -2.04. The van der Waals surface area contributed by atoms with Gasteiger partial charge in [-0.3, -0.25) is 9.97 Å². The number of methoxy groups -OCH3 is 1. The van der Waals surface area contributed by atoms with E-state index < -0.39 is 0 Å². The highest BCUT2D eigenvalue weighted by atomic mass is 16.5. The first kappa shape index (κ1) is 13.9. The van der Waals surface area contributed by atoms with Gasteiger partial charge in [0.1, 0.15) is 11.6 Å². The quantitative estimate of drug-likeness (QED) is 0.779. The van der Waals surface area contributed by atoms with Crippen LogP contribution in [-0.4, -0.2) is 27.0 Å². The van der Waals surface area contributed by atoms with Gasteiger partial charge in [-0.05, 0) is 24.3 Å². The van der Waals surface area contributed by atoms with Gasteiger partial charge in [-0.2, -0.15) is 0 Å². The smallest absolute Gasteiger partial charge is 0.163 e. The Bertz CT molecular complexity index is 748. The zero-order valence-corrected chi connectivity index (χ0v) is 12.1. The molecule has 3 heterocycles. The van der Waals surface area contributed by atoms with Gasteiger partial charge < -0.3 is 10.1 Å². The molecule has 6 nitrogen and oxygen atoms in total. The monoisotopic (exact) mass is 293 g/mol. The summed E-state index contributed by atoms with van der Waals surface area (Å²) in [5.74, 6) is 2.00. The number of hydrogen-bond acceptors (Lipinski definition) is 6. The molecule has 3 aromatic heterocycles. The minimum absolute atomic E-state index is 0.595. The number of hydrogen-bond donors (Lipinski definition) is 1. The third kappa shape index (κ3) is 3.35. The van der Waals surface area contributed by atoms with Crippen molar-refractivity contribution in [2.45, 2.75) is 6.54 Å². The molecule has 3 rings (SSSR count). The Morgan fingerprint density at radius 2 is 2.05 bits per heavy atom. The summed E-state index contributed by atoms with van der Waals surface area (Å²) in [6, 6.07) is 9.48. The van der Waals surface area contributed by atoms with Crippen LogP contribution in [0.25, 0.3) is 11.4 Å². The summed E-state index contributed by atoms with van der Waals surface area (Å²) in [5, 5.41) is 3.23. The zero-order valence-electron chi connectivity index (χ0n) is 12.1. The largest absolute Gasteiger partial charge is 0.495 e. The van der Waals surface area contributed by atoms with Crippen molar-refractivity contribution in [1.82, 2.24) is 19.9 Å². The summed E-state index contributed by atoms with van der Waals surface area (Å²) in [6.45, 7) is 0.605. The Morgan fingerprint density at radius 3 is 2.86 bits per heavy atom. The lowest BCUT2D eigenvalue weighted by atomic mass is 10.2. The molecular weight excluding hydrogens is 278 g/mol. The van der Waals surface area contributed by atoms with Crippen LogP contribution < -0.4 is 10.1 Å². The fraction of sp³-hybridized carbons (Fsp3) is 0.125. The molecule has 0 amide bonds. The van der Waals surface area contributed by atoms with Crippen molar-refractivity contribution in [2.75, 3.05) is 12.4 Å². The van der Waals surface area contributed by atoms with Crippen LogP contribution in [0.15, 0.2) is 55.1 Å². The third-order valence-electron chi connectivity index (χ3n) is 3.04. The van der Waals surface area contributed by atoms with E-state index in [4.69, 9.17) is 4.74 Å². The maximum absolute atomic E-state index is 5.17. The van der Waals surface area contributed by atoms with Crippen LogP contribution in [0.1, 0.15) is 5.69 Å². The highest BCUT2D eigenvalue weighted by Gasteiger charge is 2.05. The minimum atomic E-state index is 0.595. The fourth-order valence-electron chi connectivity index (χ4n) is 1.93. The van der Waals surface area contributed by atoms with Crippen molar-refractivity contribution in [3.63, 3.8) is 0 Å². The molecule has 1 N–H and O–H groups in total. The van der Waals surface area contributed by atoms with E-state index in [0.717, 1.165) is 17.1 Å².